The number of fused-ring (bicyclic) bond motifs is 1. The first-order valence-electron chi connectivity index (χ1n) is 9.15. The Kier molecular flexibility index (Phi) is 8.49. The fourth-order valence-electron chi connectivity index (χ4n) is 2.84. The molecule has 0 fully saturated rings. The summed E-state index contributed by atoms with van der Waals surface area (Å²) in [5.74, 6) is 2.50. The maximum atomic E-state index is 5.40. The van der Waals surface area contributed by atoms with Crippen LogP contribution in [0.5, 0.6) is 5.75 Å². The van der Waals surface area contributed by atoms with Crippen molar-refractivity contribution < 1.29 is 4.74 Å². The van der Waals surface area contributed by atoms with Gasteiger partial charge in [0.15, 0.2) is 17.4 Å². The molecule has 2 N–H and O–H groups in total. The molecule has 28 heavy (non-hydrogen) atoms. The van der Waals surface area contributed by atoms with Gasteiger partial charge in [0, 0.05) is 19.3 Å². The summed E-state index contributed by atoms with van der Waals surface area (Å²) in [6, 6.07) is 12.1. The Labute approximate surface area is 182 Å². The van der Waals surface area contributed by atoms with Crippen molar-refractivity contribution in [1.29, 1.82) is 0 Å². The summed E-state index contributed by atoms with van der Waals surface area (Å²) in [6.45, 7) is 6.13. The molecule has 0 saturated carbocycles. The summed E-state index contributed by atoms with van der Waals surface area (Å²) >= 11 is 0. The number of pyridine rings is 1. The van der Waals surface area contributed by atoms with E-state index in [0.717, 1.165) is 48.3 Å². The van der Waals surface area contributed by atoms with Gasteiger partial charge in [0.1, 0.15) is 12.3 Å². The third-order valence-electron chi connectivity index (χ3n) is 4.29. The molecule has 0 atom stereocenters. The minimum absolute atomic E-state index is 0. The monoisotopic (exact) mass is 494 g/mol. The number of aryl methyl sites for hydroxylation is 1. The Hall–Kier alpha value is -2.36. The van der Waals surface area contributed by atoms with Crippen LogP contribution in [0, 0.1) is 6.92 Å². The molecule has 0 bridgehead atoms. The number of hydrogen-bond acceptors (Lipinski definition) is 4. The zero-order chi connectivity index (χ0) is 19.1. The van der Waals surface area contributed by atoms with Crippen LogP contribution in [0.25, 0.3) is 5.65 Å². The molecule has 0 aliphatic carbocycles. The first kappa shape index (κ1) is 21.9. The van der Waals surface area contributed by atoms with Crippen LogP contribution in [0.15, 0.2) is 47.6 Å². The lowest BCUT2D eigenvalue weighted by molar-refractivity contribution is 0.411. The van der Waals surface area contributed by atoms with E-state index in [0.29, 0.717) is 6.54 Å². The summed E-state index contributed by atoms with van der Waals surface area (Å²) in [5, 5.41) is 15.0. The van der Waals surface area contributed by atoms with Gasteiger partial charge in [-0.3, -0.25) is 4.40 Å². The lowest BCUT2D eigenvalue weighted by Gasteiger charge is -2.12. The molecule has 2 heterocycles. The first-order chi connectivity index (χ1) is 13.2. The van der Waals surface area contributed by atoms with Crippen LogP contribution in [-0.4, -0.2) is 40.8 Å². The molecule has 0 radical (unpaired) electrons. The van der Waals surface area contributed by atoms with E-state index in [1.54, 1.807) is 7.11 Å². The Bertz CT molecular complexity index is 924. The van der Waals surface area contributed by atoms with E-state index in [-0.39, 0.29) is 24.0 Å². The summed E-state index contributed by atoms with van der Waals surface area (Å²) in [7, 11) is 1.70. The van der Waals surface area contributed by atoms with Gasteiger partial charge in [-0.05, 0) is 49.6 Å². The van der Waals surface area contributed by atoms with Crippen LogP contribution < -0.4 is 15.4 Å². The highest BCUT2D eigenvalue weighted by atomic mass is 127. The van der Waals surface area contributed by atoms with Crippen molar-refractivity contribution in [2.24, 2.45) is 4.99 Å². The summed E-state index contributed by atoms with van der Waals surface area (Å²) in [4.78, 5) is 4.63. The van der Waals surface area contributed by atoms with Crippen LogP contribution in [0.1, 0.15) is 23.9 Å². The van der Waals surface area contributed by atoms with E-state index < -0.39 is 0 Å². The smallest absolute Gasteiger partial charge is 0.191 e. The van der Waals surface area contributed by atoms with Crippen LogP contribution in [0.3, 0.4) is 0 Å². The quantitative estimate of drug-likeness (QED) is 0.300. The molecule has 0 unspecified atom stereocenters. The molecule has 0 amide bonds. The summed E-state index contributed by atoms with van der Waals surface area (Å²) in [6.07, 6.45) is 2.83. The average molecular weight is 494 g/mol. The van der Waals surface area contributed by atoms with Crippen molar-refractivity contribution in [3.63, 3.8) is 0 Å². The molecular weight excluding hydrogens is 467 g/mol. The molecule has 8 heteroatoms. The van der Waals surface area contributed by atoms with Gasteiger partial charge in [-0.1, -0.05) is 18.2 Å². The molecule has 2 aromatic heterocycles. The van der Waals surface area contributed by atoms with Gasteiger partial charge in [-0.25, -0.2) is 4.99 Å². The van der Waals surface area contributed by atoms with E-state index in [1.165, 1.54) is 5.56 Å². The van der Waals surface area contributed by atoms with E-state index in [2.05, 4.69) is 50.9 Å². The van der Waals surface area contributed by atoms with E-state index in [1.807, 2.05) is 35.7 Å². The summed E-state index contributed by atoms with van der Waals surface area (Å²) < 4.78 is 7.35. The van der Waals surface area contributed by atoms with Crippen molar-refractivity contribution in [2.45, 2.75) is 26.8 Å². The number of guanidine groups is 1. The second kappa shape index (κ2) is 10.8. The minimum Gasteiger partial charge on any atom is -0.496 e. The fourth-order valence-corrected chi connectivity index (χ4v) is 2.84. The highest BCUT2D eigenvalue weighted by Crippen LogP contribution is 2.19. The molecule has 0 spiro atoms. The maximum Gasteiger partial charge on any atom is 0.191 e. The standard InChI is InChI=1S/C20H26N6O.HI/c1-4-21-20(22-11-10-16-9-8-15(2)17(13-16)27-3)23-14-19-25-24-18-7-5-6-12-26(18)19;/h5-9,12-13H,4,10-11,14H2,1-3H3,(H2,21,22,23);1H. The number of ether oxygens (including phenoxy) is 1. The number of aliphatic imine (C=N–C) groups is 1. The van der Waals surface area contributed by atoms with E-state index in [9.17, 15) is 0 Å². The highest BCUT2D eigenvalue weighted by Gasteiger charge is 2.05. The number of nitrogens with zero attached hydrogens (tertiary/aromatic N) is 4. The molecule has 0 aliphatic rings. The van der Waals surface area contributed by atoms with Crippen molar-refractivity contribution in [1.82, 2.24) is 25.2 Å². The number of aromatic nitrogens is 3. The molecule has 0 saturated heterocycles. The van der Waals surface area contributed by atoms with Gasteiger partial charge in [0.25, 0.3) is 0 Å². The van der Waals surface area contributed by atoms with Gasteiger partial charge in [-0.15, -0.1) is 34.2 Å². The van der Waals surface area contributed by atoms with Crippen molar-refractivity contribution >= 4 is 35.6 Å². The maximum absolute atomic E-state index is 5.40. The van der Waals surface area contributed by atoms with Crippen molar-refractivity contribution in [3.8, 4) is 5.75 Å². The second-order valence-electron chi connectivity index (χ2n) is 6.22. The SMILES string of the molecule is CCNC(=NCc1nnc2ccccn12)NCCc1ccc(C)c(OC)c1.I. The predicted octanol–water partition coefficient (Wildman–Crippen LogP) is 2.96. The normalized spacial score (nSPS) is 11.2. The molecular formula is C20H27IN6O. The van der Waals surface area contributed by atoms with Crippen LogP contribution >= 0.6 is 24.0 Å². The largest absolute Gasteiger partial charge is 0.496 e. The topological polar surface area (TPSA) is 75.8 Å². The lowest BCUT2D eigenvalue weighted by Crippen LogP contribution is -2.38. The number of methoxy groups -OCH3 is 1. The number of hydrogen-bond donors (Lipinski definition) is 2. The van der Waals surface area contributed by atoms with E-state index >= 15 is 0 Å². The van der Waals surface area contributed by atoms with Gasteiger partial charge < -0.3 is 15.4 Å². The molecule has 3 rings (SSSR count). The number of benzene rings is 1. The predicted molar refractivity (Wildman–Crippen MR) is 123 cm³/mol. The lowest BCUT2D eigenvalue weighted by atomic mass is 10.1. The average Bonchev–Trinajstić information content (AvgIpc) is 3.10. The third-order valence-corrected chi connectivity index (χ3v) is 4.29. The number of rotatable bonds is 7. The minimum atomic E-state index is 0. The Morgan fingerprint density at radius 2 is 2.04 bits per heavy atom. The zero-order valence-electron chi connectivity index (χ0n) is 16.5. The Morgan fingerprint density at radius 1 is 1.18 bits per heavy atom. The van der Waals surface area contributed by atoms with Crippen LogP contribution in [-0.2, 0) is 13.0 Å². The molecule has 150 valence electrons. The first-order valence-corrected chi connectivity index (χ1v) is 9.15. The molecule has 1 aromatic carbocycles. The van der Waals surface area contributed by atoms with E-state index in [4.69, 9.17) is 4.74 Å². The highest BCUT2D eigenvalue weighted by molar-refractivity contribution is 14.0. The molecule has 3 aromatic rings. The zero-order valence-corrected chi connectivity index (χ0v) is 18.8. The number of nitrogens with one attached hydrogen (secondary N) is 2. The number of halogens is 1. The Morgan fingerprint density at radius 3 is 2.82 bits per heavy atom. The second-order valence-corrected chi connectivity index (χ2v) is 6.22. The molecule has 0 aliphatic heterocycles. The van der Waals surface area contributed by atoms with Crippen molar-refractivity contribution in [3.05, 3.63) is 59.5 Å². The fraction of sp³-hybridized carbons (Fsp3) is 0.350. The van der Waals surface area contributed by atoms with Gasteiger partial charge in [0.05, 0.1) is 7.11 Å². The van der Waals surface area contributed by atoms with Gasteiger partial charge in [-0.2, -0.15) is 0 Å². The van der Waals surface area contributed by atoms with Gasteiger partial charge >= 0.3 is 0 Å². The summed E-state index contributed by atoms with van der Waals surface area (Å²) in [5.41, 5.74) is 3.20. The van der Waals surface area contributed by atoms with Crippen LogP contribution in [0.2, 0.25) is 0 Å². The third kappa shape index (κ3) is 5.57. The van der Waals surface area contributed by atoms with Crippen LogP contribution in [0.4, 0.5) is 0 Å². The molecule has 7 nitrogen and oxygen atoms in total. The Balaban J connectivity index is 0.00000280. The van der Waals surface area contributed by atoms with Crippen molar-refractivity contribution in [2.75, 3.05) is 20.2 Å². The van der Waals surface area contributed by atoms with Gasteiger partial charge in [0.2, 0.25) is 0 Å².